The zero-order chi connectivity index (χ0) is 15.4. The highest BCUT2D eigenvalue weighted by Crippen LogP contribution is 2.27. The van der Waals surface area contributed by atoms with Crippen molar-refractivity contribution in [2.45, 2.75) is 24.8 Å². The molecule has 1 aromatic heterocycles. The largest absolute Gasteiger partial charge is 0.327 e. The van der Waals surface area contributed by atoms with Crippen molar-refractivity contribution >= 4 is 46.5 Å². The highest BCUT2D eigenvalue weighted by atomic mass is 35.5. The van der Waals surface area contributed by atoms with Crippen LogP contribution in [-0.4, -0.2) is 23.2 Å². The van der Waals surface area contributed by atoms with Gasteiger partial charge in [-0.25, -0.2) is 4.98 Å². The van der Waals surface area contributed by atoms with E-state index in [1.54, 1.807) is 11.8 Å². The van der Waals surface area contributed by atoms with Crippen LogP contribution in [0.4, 0.5) is 5.13 Å². The highest BCUT2D eigenvalue weighted by molar-refractivity contribution is 7.98. The minimum atomic E-state index is -0.238. The molecule has 0 spiro atoms. The molecule has 0 saturated heterocycles. The lowest BCUT2D eigenvalue weighted by molar-refractivity contribution is -0.119. The van der Waals surface area contributed by atoms with Gasteiger partial charge in [0.1, 0.15) is 0 Å². The van der Waals surface area contributed by atoms with Crippen LogP contribution in [-0.2, 0) is 4.79 Å². The molecule has 0 fully saturated rings. The van der Waals surface area contributed by atoms with Crippen LogP contribution in [0, 0.1) is 5.92 Å². The van der Waals surface area contributed by atoms with E-state index in [-0.39, 0.29) is 30.3 Å². The Morgan fingerprint density at radius 3 is 2.50 bits per heavy atom. The Bertz CT molecular complexity index is 614. The number of hydrogen-bond donors (Lipinski definition) is 2. The highest BCUT2D eigenvalue weighted by Gasteiger charge is 2.18. The third-order valence-electron chi connectivity index (χ3n) is 3.32. The smallest absolute Gasteiger partial charge is 0.230 e. The topological polar surface area (TPSA) is 68.0 Å². The standard InChI is InChI=1S/C15H19N3OS2.ClH/c1-9(10(2)16)14(19)18-15-17-13(8-21-15)11-4-6-12(20-3)7-5-11;/h4-10H,16H2,1-3H3,(H,17,18,19);1H. The summed E-state index contributed by atoms with van der Waals surface area (Å²) in [5.74, 6) is -0.332. The summed E-state index contributed by atoms with van der Waals surface area (Å²) in [5.41, 5.74) is 7.65. The van der Waals surface area contributed by atoms with Crippen molar-refractivity contribution in [1.29, 1.82) is 0 Å². The lowest BCUT2D eigenvalue weighted by Gasteiger charge is -2.13. The molecule has 1 aromatic carbocycles. The van der Waals surface area contributed by atoms with Crippen molar-refractivity contribution in [3.63, 3.8) is 0 Å². The fraction of sp³-hybridized carbons (Fsp3) is 0.333. The molecule has 4 nitrogen and oxygen atoms in total. The molecule has 7 heteroatoms. The summed E-state index contributed by atoms with van der Waals surface area (Å²) >= 11 is 3.13. The molecule has 2 rings (SSSR count). The van der Waals surface area contributed by atoms with Crippen LogP contribution in [0.25, 0.3) is 11.3 Å². The maximum absolute atomic E-state index is 12.0. The average molecular weight is 358 g/mol. The zero-order valence-corrected chi connectivity index (χ0v) is 15.1. The fourth-order valence-electron chi connectivity index (χ4n) is 1.68. The molecule has 2 atom stereocenters. The van der Waals surface area contributed by atoms with Gasteiger partial charge < -0.3 is 11.1 Å². The van der Waals surface area contributed by atoms with Gasteiger partial charge in [-0.15, -0.1) is 35.5 Å². The van der Waals surface area contributed by atoms with Crippen molar-refractivity contribution in [3.05, 3.63) is 29.6 Å². The molecule has 1 amide bonds. The Labute approximate surface area is 145 Å². The number of thioether (sulfide) groups is 1. The van der Waals surface area contributed by atoms with Crippen LogP contribution >= 0.6 is 35.5 Å². The van der Waals surface area contributed by atoms with Crippen molar-refractivity contribution < 1.29 is 4.79 Å². The van der Waals surface area contributed by atoms with Gasteiger partial charge in [-0.3, -0.25) is 4.79 Å². The van der Waals surface area contributed by atoms with E-state index in [0.717, 1.165) is 11.3 Å². The number of rotatable bonds is 5. The van der Waals surface area contributed by atoms with Crippen LogP contribution in [0.1, 0.15) is 13.8 Å². The van der Waals surface area contributed by atoms with Gasteiger partial charge in [0.25, 0.3) is 0 Å². The molecule has 120 valence electrons. The molecule has 1 heterocycles. The van der Waals surface area contributed by atoms with E-state index in [4.69, 9.17) is 5.73 Å². The number of hydrogen-bond acceptors (Lipinski definition) is 5. The van der Waals surface area contributed by atoms with E-state index in [0.29, 0.717) is 5.13 Å². The van der Waals surface area contributed by atoms with Gasteiger partial charge >= 0.3 is 0 Å². The maximum Gasteiger partial charge on any atom is 0.230 e. The summed E-state index contributed by atoms with van der Waals surface area (Å²) in [5, 5.41) is 5.37. The molecule has 0 radical (unpaired) electrons. The lowest BCUT2D eigenvalue weighted by Crippen LogP contribution is -2.34. The monoisotopic (exact) mass is 357 g/mol. The van der Waals surface area contributed by atoms with E-state index < -0.39 is 0 Å². The number of amides is 1. The maximum atomic E-state index is 12.0. The van der Waals surface area contributed by atoms with Gasteiger partial charge in [0.15, 0.2) is 5.13 Å². The molecule has 2 unspecified atom stereocenters. The normalized spacial score (nSPS) is 13.1. The molecule has 2 aromatic rings. The van der Waals surface area contributed by atoms with Crippen LogP contribution in [0.15, 0.2) is 34.5 Å². The van der Waals surface area contributed by atoms with Gasteiger partial charge in [0, 0.05) is 21.9 Å². The minimum absolute atomic E-state index is 0. The fourth-order valence-corrected chi connectivity index (χ4v) is 2.81. The Balaban J connectivity index is 0.00000242. The van der Waals surface area contributed by atoms with Crippen molar-refractivity contribution in [2.75, 3.05) is 11.6 Å². The number of nitrogens with one attached hydrogen (secondary N) is 1. The van der Waals surface area contributed by atoms with Gasteiger partial charge in [-0.1, -0.05) is 19.1 Å². The van der Waals surface area contributed by atoms with Crippen LogP contribution < -0.4 is 11.1 Å². The summed E-state index contributed by atoms with van der Waals surface area (Å²) in [6, 6.07) is 8.03. The van der Waals surface area contributed by atoms with E-state index in [1.807, 2.05) is 37.6 Å². The molecule has 0 aliphatic heterocycles. The minimum Gasteiger partial charge on any atom is -0.327 e. The second kappa shape index (κ2) is 8.53. The van der Waals surface area contributed by atoms with Gasteiger partial charge in [-0.2, -0.15) is 0 Å². The molecular weight excluding hydrogens is 338 g/mol. The molecule has 22 heavy (non-hydrogen) atoms. The molecule has 0 aliphatic carbocycles. The Morgan fingerprint density at radius 2 is 1.95 bits per heavy atom. The predicted molar refractivity (Wildman–Crippen MR) is 98.0 cm³/mol. The first-order valence-electron chi connectivity index (χ1n) is 6.67. The molecule has 3 N–H and O–H groups in total. The number of anilines is 1. The number of benzene rings is 1. The number of nitrogens with zero attached hydrogens (tertiary/aromatic N) is 1. The van der Waals surface area contributed by atoms with E-state index >= 15 is 0 Å². The van der Waals surface area contributed by atoms with Gasteiger partial charge in [0.2, 0.25) is 5.91 Å². The van der Waals surface area contributed by atoms with Crippen molar-refractivity contribution in [3.8, 4) is 11.3 Å². The van der Waals surface area contributed by atoms with Crippen LogP contribution in [0.5, 0.6) is 0 Å². The lowest BCUT2D eigenvalue weighted by atomic mass is 10.0. The third kappa shape index (κ3) is 4.71. The number of nitrogens with two attached hydrogens (primary N) is 1. The number of aromatic nitrogens is 1. The molecule has 0 aliphatic rings. The Morgan fingerprint density at radius 1 is 1.32 bits per heavy atom. The van der Waals surface area contributed by atoms with E-state index in [2.05, 4.69) is 22.4 Å². The average Bonchev–Trinajstić information content (AvgIpc) is 2.94. The van der Waals surface area contributed by atoms with E-state index in [1.165, 1.54) is 16.2 Å². The SMILES string of the molecule is CSc1ccc(-c2csc(NC(=O)C(C)C(C)N)n2)cc1.Cl. The second-order valence-electron chi connectivity index (χ2n) is 4.90. The predicted octanol–water partition coefficient (Wildman–Crippen LogP) is 3.88. The summed E-state index contributed by atoms with van der Waals surface area (Å²) < 4.78 is 0. The van der Waals surface area contributed by atoms with E-state index in [9.17, 15) is 4.79 Å². The number of halogens is 1. The summed E-state index contributed by atoms with van der Waals surface area (Å²) in [6.07, 6.45) is 2.05. The van der Waals surface area contributed by atoms with Gasteiger partial charge in [0.05, 0.1) is 11.6 Å². The Hall–Kier alpha value is -1.08. The second-order valence-corrected chi connectivity index (χ2v) is 6.64. The Kier molecular flexibility index (Phi) is 7.35. The van der Waals surface area contributed by atoms with Gasteiger partial charge in [-0.05, 0) is 25.3 Å². The van der Waals surface area contributed by atoms with Crippen LogP contribution in [0.2, 0.25) is 0 Å². The summed E-state index contributed by atoms with van der Waals surface area (Å²) in [4.78, 5) is 17.6. The quantitative estimate of drug-likeness (QED) is 0.797. The van der Waals surface area contributed by atoms with Crippen LogP contribution in [0.3, 0.4) is 0 Å². The summed E-state index contributed by atoms with van der Waals surface area (Å²) in [7, 11) is 0. The zero-order valence-electron chi connectivity index (χ0n) is 12.7. The first-order chi connectivity index (χ1) is 10.0. The molecular formula is C15H20ClN3OS2. The first kappa shape index (κ1) is 19.0. The van der Waals surface area contributed by atoms with Crippen molar-refractivity contribution in [1.82, 2.24) is 4.98 Å². The molecule has 0 bridgehead atoms. The van der Waals surface area contributed by atoms with Crippen molar-refractivity contribution in [2.24, 2.45) is 11.7 Å². The number of thiazole rings is 1. The summed E-state index contributed by atoms with van der Waals surface area (Å²) in [6.45, 7) is 3.64. The first-order valence-corrected chi connectivity index (χ1v) is 8.78. The number of carbonyl (C=O) groups excluding carboxylic acids is 1. The number of carbonyl (C=O) groups is 1. The third-order valence-corrected chi connectivity index (χ3v) is 4.82. The molecule has 0 saturated carbocycles.